The molecule has 0 bridgehead atoms. The van der Waals surface area contributed by atoms with Gasteiger partial charge in [0.15, 0.2) is 0 Å². The molecule has 0 unspecified atom stereocenters. The highest BCUT2D eigenvalue weighted by atomic mass is 32.2. The smallest absolute Gasteiger partial charge is 0.276 e. The van der Waals surface area contributed by atoms with E-state index in [1.807, 2.05) is 0 Å². The minimum atomic E-state index is -5.51. The zero-order valence-corrected chi connectivity index (χ0v) is 12.5. The molecule has 2 rings (SSSR count). The normalized spacial score (nSPS) is 13.6. The highest BCUT2D eigenvalue weighted by molar-refractivity contribution is 7.93. The molecule has 1 atom stereocenters. The van der Waals surface area contributed by atoms with Gasteiger partial charge in [-0.3, -0.25) is 4.72 Å². The van der Waals surface area contributed by atoms with Crippen molar-refractivity contribution in [2.75, 3.05) is 4.72 Å². The van der Waals surface area contributed by atoms with E-state index in [1.165, 1.54) is 16.9 Å². The Balaban J connectivity index is 2.30. The largest absolute Gasteiger partial charge is 0.516 e. The number of anilines is 1. The standard InChI is InChI=1S/C13H10F3NO3S2/c14-13(15,16)22(19,20)17-10-5-4-8-12(9-10)21(18)11-6-2-1-3-7-11/h1-9,17H/t21-/m1/s1. The molecule has 22 heavy (non-hydrogen) atoms. The van der Waals surface area contributed by atoms with E-state index < -0.39 is 26.3 Å². The molecule has 118 valence electrons. The number of hydrogen-bond acceptors (Lipinski definition) is 3. The Hall–Kier alpha value is -1.87. The monoisotopic (exact) mass is 349 g/mol. The van der Waals surface area contributed by atoms with E-state index in [1.54, 1.807) is 30.3 Å². The summed E-state index contributed by atoms with van der Waals surface area (Å²) in [5.41, 5.74) is -5.72. The molecule has 9 heteroatoms. The first-order valence-corrected chi connectivity index (χ1v) is 8.50. The van der Waals surface area contributed by atoms with Gasteiger partial charge < -0.3 is 0 Å². The molecule has 0 aliphatic heterocycles. The van der Waals surface area contributed by atoms with Gasteiger partial charge in [-0.2, -0.15) is 21.6 Å². The van der Waals surface area contributed by atoms with Gasteiger partial charge in [-0.1, -0.05) is 24.3 Å². The van der Waals surface area contributed by atoms with E-state index in [-0.39, 0.29) is 10.6 Å². The van der Waals surface area contributed by atoms with E-state index in [0.29, 0.717) is 4.90 Å². The third-order valence-corrected chi connectivity index (χ3v) is 5.06. The van der Waals surface area contributed by atoms with E-state index in [0.717, 1.165) is 12.1 Å². The number of alkyl halides is 3. The molecule has 0 saturated carbocycles. The number of halogens is 3. The molecule has 0 heterocycles. The fourth-order valence-corrected chi connectivity index (χ4v) is 3.23. The summed E-state index contributed by atoms with van der Waals surface area (Å²) in [7, 11) is -7.13. The number of hydrogen-bond donors (Lipinski definition) is 1. The maximum absolute atomic E-state index is 12.3. The van der Waals surface area contributed by atoms with Gasteiger partial charge in [-0.05, 0) is 30.3 Å². The Kier molecular flexibility index (Phi) is 4.57. The number of rotatable bonds is 4. The van der Waals surface area contributed by atoms with Crippen LogP contribution in [0.2, 0.25) is 0 Å². The summed E-state index contributed by atoms with van der Waals surface area (Å²) in [6.07, 6.45) is 0. The molecule has 2 aromatic carbocycles. The number of benzene rings is 2. The van der Waals surface area contributed by atoms with E-state index >= 15 is 0 Å². The summed E-state index contributed by atoms with van der Waals surface area (Å²) in [6.45, 7) is 0. The quantitative estimate of drug-likeness (QED) is 0.922. The minimum Gasteiger partial charge on any atom is -0.276 e. The van der Waals surface area contributed by atoms with Crippen LogP contribution in [0.25, 0.3) is 0 Å². The van der Waals surface area contributed by atoms with Crippen LogP contribution in [-0.2, 0) is 20.8 Å². The predicted octanol–water partition coefficient (Wildman–Crippen LogP) is 3.11. The first kappa shape index (κ1) is 16.5. The van der Waals surface area contributed by atoms with E-state index in [2.05, 4.69) is 0 Å². The maximum atomic E-state index is 12.3. The molecule has 0 spiro atoms. The average Bonchev–Trinajstić information content (AvgIpc) is 2.46. The molecule has 0 saturated heterocycles. The first-order chi connectivity index (χ1) is 10.2. The number of nitrogens with one attached hydrogen (secondary N) is 1. The highest BCUT2D eigenvalue weighted by Crippen LogP contribution is 2.26. The molecule has 0 fully saturated rings. The van der Waals surface area contributed by atoms with Crippen LogP contribution < -0.4 is 4.72 Å². The Morgan fingerprint density at radius 2 is 1.50 bits per heavy atom. The van der Waals surface area contributed by atoms with Crippen molar-refractivity contribution < 1.29 is 25.8 Å². The lowest BCUT2D eigenvalue weighted by Crippen LogP contribution is -2.29. The number of sulfonamides is 1. The van der Waals surface area contributed by atoms with Gasteiger partial charge in [-0.25, -0.2) is 4.21 Å². The molecule has 0 aromatic heterocycles. The van der Waals surface area contributed by atoms with Crippen molar-refractivity contribution in [3.63, 3.8) is 0 Å². The maximum Gasteiger partial charge on any atom is 0.516 e. The molecular formula is C13H10F3NO3S2. The van der Waals surface area contributed by atoms with E-state index in [4.69, 9.17) is 0 Å². The van der Waals surface area contributed by atoms with Crippen molar-refractivity contribution in [2.45, 2.75) is 15.3 Å². The topological polar surface area (TPSA) is 63.2 Å². The third-order valence-electron chi connectivity index (χ3n) is 2.56. The second-order valence-electron chi connectivity index (χ2n) is 4.16. The van der Waals surface area contributed by atoms with Crippen molar-refractivity contribution in [3.8, 4) is 0 Å². The summed E-state index contributed by atoms with van der Waals surface area (Å²) in [6, 6.07) is 13.3. The molecular weight excluding hydrogens is 339 g/mol. The van der Waals surface area contributed by atoms with Gasteiger partial charge in [0.25, 0.3) is 0 Å². The first-order valence-electron chi connectivity index (χ1n) is 5.87. The summed E-state index contributed by atoms with van der Waals surface area (Å²) >= 11 is 0. The lowest BCUT2D eigenvalue weighted by atomic mass is 10.3. The van der Waals surface area contributed by atoms with Gasteiger partial charge in [0.1, 0.15) is 0 Å². The summed E-state index contributed by atoms with van der Waals surface area (Å²) in [4.78, 5) is 0.645. The van der Waals surface area contributed by atoms with Crippen LogP contribution in [0.4, 0.5) is 18.9 Å². The molecule has 0 aliphatic carbocycles. The van der Waals surface area contributed by atoms with Crippen molar-refractivity contribution >= 4 is 26.5 Å². The molecule has 0 amide bonds. The Labute approximate surface area is 127 Å². The van der Waals surface area contributed by atoms with Crippen LogP contribution in [0, 0.1) is 0 Å². The van der Waals surface area contributed by atoms with Gasteiger partial charge in [0, 0.05) is 9.79 Å². The Morgan fingerprint density at radius 1 is 0.909 bits per heavy atom. The molecule has 0 aliphatic rings. The highest BCUT2D eigenvalue weighted by Gasteiger charge is 2.46. The fraction of sp³-hybridized carbons (Fsp3) is 0.0769. The van der Waals surface area contributed by atoms with Gasteiger partial charge in [-0.15, -0.1) is 0 Å². The van der Waals surface area contributed by atoms with Crippen LogP contribution in [0.1, 0.15) is 0 Å². The predicted molar refractivity (Wildman–Crippen MR) is 76.2 cm³/mol. The van der Waals surface area contributed by atoms with Crippen LogP contribution in [0.15, 0.2) is 64.4 Å². The van der Waals surface area contributed by atoms with E-state index in [9.17, 15) is 25.8 Å². The average molecular weight is 349 g/mol. The zero-order chi connectivity index (χ0) is 16.4. The zero-order valence-electron chi connectivity index (χ0n) is 10.9. The van der Waals surface area contributed by atoms with Crippen LogP contribution in [0.5, 0.6) is 0 Å². The van der Waals surface area contributed by atoms with Crippen LogP contribution in [0.3, 0.4) is 0 Å². The van der Waals surface area contributed by atoms with Crippen molar-refractivity contribution in [3.05, 3.63) is 54.6 Å². The Bertz CT molecular complexity index is 790. The van der Waals surface area contributed by atoms with Crippen LogP contribution >= 0.6 is 0 Å². The fourth-order valence-electron chi connectivity index (χ4n) is 1.57. The second kappa shape index (κ2) is 6.09. The molecule has 2 aromatic rings. The summed E-state index contributed by atoms with van der Waals surface area (Å²) in [5.74, 6) is 0. The lowest BCUT2D eigenvalue weighted by molar-refractivity contribution is -0.0429. The summed E-state index contributed by atoms with van der Waals surface area (Å²) < 4.78 is 72.8. The molecule has 1 N–H and O–H groups in total. The van der Waals surface area contributed by atoms with Gasteiger partial charge in [0.2, 0.25) is 0 Å². The Morgan fingerprint density at radius 3 is 2.09 bits per heavy atom. The minimum absolute atomic E-state index is 0.188. The van der Waals surface area contributed by atoms with Gasteiger partial charge in [0.05, 0.1) is 16.5 Å². The third kappa shape index (κ3) is 3.66. The van der Waals surface area contributed by atoms with Crippen molar-refractivity contribution in [2.24, 2.45) is 0 Å². The summed E-state index contributed by atoms with van der Waals surface area (Å²) in [5, 5.41) is 0. The van der Waals surface area contributed by atoms with Crippen molar-refractivity contribution in [1.82, 2.24) is 0 Å². The second-order valence-corrected chi connectivity index (χ2v) is 7.32. The van der Waals surface area contributed by atoms with Gasteiger partial charge >= 0.3 is 15.5 Å². The SMILES string of the molecule is O=[S@](c1ccccc1)c1cccc(NS(=O)(=O)C(F)(F)F)c1. The molecule has 0 radical (unpaired) electrons. The lowest BCUT2D eigenvalue weighted by Gasteiger charge is -2.11. The molecule has 4 nitrogen and oxygen atoms in total. The van der Waals surface area contributed by atoms with Crippen molar-refractivity contribution in [1.29, 1.82) is 0 Å². The van der Waals surface area contributed by atoms with Crippen LogP contribution in [-0.4, -0.2) is 18.1 Å².